The van der Waals surface area contributed by atoms with Gasteiger partial charge in [0.05, 0.1) is 11.4 Å². The fourth-order valence-electron chi connectivity index (χ4n) is 8.97. The van der Waals surface area contributed by atoms with Crippen molar-refractivity contribution in [1.29, 1.82) is 0 Å². The predicted octanol–water partition coefficient (Wildman–Crippen LogP) is 15.3. The minimum Gasteiger partial charge on any atom is -0.455 e. The van der Waals surface area contributed by atoms with Gasteiger partial charge in [-0.3, -0.25) is 0 Å². The van der Waals surface area contributed by atoms with Gasteiger partial charge in [0, 0.05) is 33.2 Å². The average molecular weight is 696 g/mol. The molecule has 0 radical (unpaired) electrons. The largest absolute Gasteiger partial charge is 0.455 e. The molecule has 0 N–H and O–H groups in total. The third-order valence-electron chi connectivity index (χ3n) is 11.5. The van der Waals surface area contributed by atoms with Gasteiger partial charge in [-0.05, 0) is 82.1 Å². The van der Waals surface area contributed by atoms with Crippen LogP contribution >= 0.6 is 0 Å². The molecule has 9 aromatic rings. The maximum absolute atomic E-state index is 6.55. The Hall–Kier alpha value is -6.38. The highest BCUT2D eigenvalue weighted by atomic mass is 16.3. The van der Waals surface area contributed by atoms with E-state index in [1.165, 1.54) is 70.7 Å². The fourth-order valence-corrected chi connectivity index (χ4v) is 8.97. The van der Waals surface area contributed by atoms with Crippen LogP contribution in [0.1, 0.15) is 43.6 Å². The van der Waals surface area contributed by atoms with E-state index < -0.39 is 0 Å². The summed E-state index contributed by atoms with van der Waals surface area (Å²) in [4.78, 5) is 2.47. The molecule has 0 bridgehead atoms. The number of para-hydroxylation sites is 4. The van der Waals surface area contributed by atoms with Crippen molar-refractivity contribution in [2.75, 3.05) is 4.90 Å². The summed E-state index contributed by atoms with van der Waals surface area (Å²) in [5.74, 6) is 0.586. The molecule has 0 unspecified atom stereocenters. The van der Waals surface area contributed by atoms with Gasteiger partial charge in [-0.15, -0.1) is 0 Å². The molecule has 54 heavy (non-hydrogen) atoms. The standard InChI is InChI=1S/C52H41NO/c1-3-17-36(18-4-1)41-25-7-10-32-48(41)53(40-24-13-23-39(35-40)43-29-16-31-47-45-27-9-12-34-50(45)54-52(43)47)49-33-11-8-26-44(49)46-30-15-22-38-21-14-28-42(51(38)46)37-19-5-2-6-20-37/h1,3-4,7-18,21-35,37H,2,5-6,19-20H2. The minimum absolute atomic E-state index is 0.586. The molecular formula is C52H41NO. The van der Waals surface area contributed by atoms with Crippen LogP contribution in [-0.2, 0) is 0 Å². The van der Waals surface area contributed by atoms with E-state index in [-0.39, 0.29) is 0 Å². The van der Waals surface area contributed by atoms with E-state index in [1.807, 2.05) is 6.07 Å². The van der Waals surface area contributed by atoms with Gasteiger partial charge in [-0.1, -0.05) is 171 Å². The Labute approximate surface area is 316 Å². The second-order valence-electron chi connectivity index (χ2n) is 14.7. The minimum atomic E-state index is 0.586. The van der Waals surface area contributed by atoms with Gasteiger partial charge in [-0.2, -0.15) is 0 Å². The Bertz CT molecular complexity index is 2760. The number of fused-ring (bicyclic) bond motifs is 4. The lowest BCUT2D eigenvalue weighted by atomic mass is 9.80. The van der Waals surface area contributed by atoms with Crippen LogP contribution in [0.15, 0.2) is 186 Å². The van der Waals surface area contributed by atoms with Crippen LogP contribution in [0, 0.1) is 0 Å². The number of hydrogen-bond acceptors (Lipinski definition) is 2. The van der Waals surface area contributed by atoms with Crippen LogP contribution < -0.4 is 4.90 Å². The van der Waals surface area contributed by atoms with E-state index in [0.29, 0.717) is 5.92 Å². The first-order valence-corrected chi connectivity index (χ1v) is 19.4. The van der Waals surface area contributed by atoms with Gasteiger partial charge < -0.3 is 9.32 Å². The summed E-state index contributed by atoms with van der Waals surface area (Å²) in [5.41, 5.74) is 13.7. The van der Waals surface area contributed by atoms with Crippen molar-refractivity contribution in [2.24, 2.45) is 0 Å². The molecule has 8 aromatic carbocycles. The van der Waals surface area contributed by atoms with Crippen molar-refractivity contribution in [1.82, 2.24) is 0 Å². The highest BCUT2D eigenvalue weighted by Gasteiger charge is 2.24. The molecule has 2 heteroatoms. The average Bonchev–Trinajstić information content (AvgIpc) is 3.64. The first kappa shape index (κ1) is 32.3. The van der Waals surface area contributed by atoms with Gasteiger partial charge in [0.2, 0.25) is 0 Å². The van der Waals surface area contributed by atoms with E-state index in [2.05, 4.69) is 181 Å². The predicted molar refractivity (Wildman–Crippen MR) is 228 cm³/mol. The zero-order chi connectivity index (χ0) is 35.8. The van der Waals surface area contributed by atoms with Gasteiger partial charge >= 0.3 is 0 Å². The third-order valence-corrected chi connectivity index (χ3v) is 11.5. The van der Waals surface area contributed by atoms with Crippen molar-refractivity contribution < 1.29 is 4.42 Å². The third kappa shape index (κ3) is 5.67. The maximum atomic E-state index is 6.55. The topological polar surface area (TPSA) is 16.4 Å². The van der Waals surface area contributed by atoms with E-state index in [9.17, 15) is 0 Å². The molecule has 1 heterocycles. The van der Waals surface area contributed by atoms with Crippen LogP contribution in [0.2, 0.25) is 0 Å². The lowest BCUT2D eigenvalue weighted by molar-refractivity contribution is 0.445. The summed E-state index contributed by atoms with van der Waals surface area (Å²) in [6, 6.07) is 66.2. The highest BCUT2D eigenvalue weighted by molar-refractivity contribution is 6.10. The van der Waals surface area contributed by atoms with Crippen LogP contribution in [0.4, 0.5) is 17.1 Å². The SMILES string of the molecule is c1ccc(-c2ccccc2N(c2cccc(-c3cccc4c3oc3ccccc34)c2)c2ccccc2-c2cccc3cccc(C4CCCCC4)c23)cc1. The van der Waals surface area contributed by atoms with E-state index in [4.69, 9.17) is 4.42 Å². The summed E-state index contributed by atoms with van der Waals surface area (Å²) in [5, 5.41) is 4.97. The maximum Gasteiger partial charge on any atom is 0.143 e. The second-order valence-corrected chi connectivity index (χ2v) is 14.7. The highest BCUT2D eigenvalue weighted by Crippen LogP contribution is 2.48. The lowest BCUT2D eigenvalue weighted by Crippen LogP contribution is -2.13. The van der Waals surface area contributed by atoms with Crippen LogP contribution in [0.5, 0.6) is 0 Å². The molecule has 1 aliphatic rings. The first-order chi connectivity index (χ1) is 26.8. The van der Waals surface area contributed by atoms with Gasteiger partial charge in [-0.25, -0.2) is 0 Å². The van der Waals surface area contributed by atoms with Crippen LogP contribution in [0.3, 0.4) is 0 Å². The van der Waals surface area contributed by atoms with Crippen molar-refractivity contribution in [2.45, 2.75) is 38.0 Å². The number of benzene rings is 8. The quantitative estimate of drug-likeness (QED) is 0.165. The molecule has 1 aromatic heterocycles. The Kier molecular flexibility index (Phi) is 8.30. The van der Waals surface area contributed by atoms with Crippen LogP contribution in [0.25, 0.3) is 66.1 Å². The van der Waals surface area contributed by atoms with Crippen LogP contribution in [-0.4, -0.2) is 0 Å². The zero-order valence-electron chi connectivity index (χ0n) is 30.3. The molecule has 1 saturated carbocycles. The first-order valence-electron chi connectivity index (χ1n) is 19.4. The van der Waals surface area contributed by atoms with E-state index in [1.54, 1.807) is 0 Å². The number of furan rings is 1. The van der Waals surface area contributed by atoms with Crippen molar-refractivity contribution in [3.05, 3.63) is 188 Å². The summed E-state index contributed by atoms with van der Waals surface area (Å²) in [7, 11) is 0. The molecule has 10 rings (SSSR count). The summed E-state index contributed by atoms with van der Waals surface area (Å²) < 4.78 is 6.55. The Morgan fingerprint density at radius 2 is 1.06 bits per heavy atom. The van der Waals surface area contributed by atoms with Gasteiger partial charge in [0.1, 0.15) is 11.2 Å². The molecule has 1 aliphatic carbocycles. The molecule has 0 aliphatic heterocycles. The number of hydrogen-bond donors (Lipinski definition) is 0. The Balaban J connectivity index is 1.21. The summed E-state index contributed by atoms with van der Waals surface area (Å²) in [6.45, 7) is 0. The summed E-state index contributed by atoms with van der Waals surface area (Å²) in [6.07, 6.45) is 6.48. The molecule has 2 nitrogen and oxygen atoms in total. The monoisotopic (exact) mass is 695 g/mol. The van der Waals surface area contributed by atoms with E-state index in [0.717, 1.165) is 50.1 Å². The van der Waals surface area contributed by atoms with Crippen molar-refractivity contribution >= 4 is 49.8 Å². The molecule has 0 amide bonds. The van der Waals surface area contributed by atoms with Crippen molar-refractivity contribution in [3.8, 4) is 33.4 Å². The molecule has 0 spiro atoms. The molecule has 260 valence electrons. The van der Waals surface area contributed by atoms with E-state index >= 15 is 0 Å². The fraction of sp³-hybridized carbons (Fsp3) is 0.115. The molecule has 1 fully saturated rings. The summed E-state index contributed by atoms with van der Waals surface area (Å²) >= 11 is 0. The van der Waals surface area contributed by atoms with Gasteiger partial charge in [0.25, 0.3) is 0 Å². The second kappa shape index (κ2) is 13.9. The Morgan fingerprint density at radius 1 is 0.444 bits per heavy atom. The van der Waals surface area contributed by atoms with Crippen molar-refractivity contribution in [3.63, 3.8) is 0 Å². The Morgan fingerprint density at radius 3 is 1.91 bits per heavy atom. The lowest BCUT2D eigenvalue weighted by Gasteiger charge is -2.31. The smallest absolute Gasteiger partial charge is 0.143 e. The normalized spacial score (nSPS) is 13.5. The number of rotatable bonds is 7. The molecular weight excluding hydrogens is 655 g/mol. The number of anilines is 3. The molecule has 0 saturated heterocycles. The molecule has 0 atom stereocenters. The zero-order valence-corrected chi connectivity index (χ0v) is 30.3. The number of nitrogens with zero attached hydrogens (tertiary/aromatic N) is 1. The van der Waals surface area contributed by atoms with Gasteiger partial charge in [0.15, 0.2) is 0 Å².